The Morgan fingerprint density at radius 2 is 2.35 bits per heavy atom. The Kier molecular flexibility index (Phi) is 5.73. The molecule has 0 amide bonds. The Labute approximate surface area is 99.9 Å². The lowest BCUT2D eigenvalue weighted by Gasteiger charge is -2.22. The van der Waals surface area contributed by atoms with Crippen LogP contribution in [0.2, 0.25) is 0 Å². The third-order valence-corrected chi connectivity index (χ3v) is 2.21. The minimum Gasteiger partial charge on any atom is -0.409 e. The van der Waals surface area contributed by atoms with E-state index in [-0.39, 0.29) is 5.84 Å². The number of hydrogen-bond donors (Lipinski definition) is 2. The molecule has 0 saturated heterocycles. The van der Waals surface area contributed by atoms with E-state index in [1.54, 1.807) is 25.7 Å². The zero-order valence-electron chi connectivity index (χ0n) is 9.78. The van der Waals surface area contributed by atoms with Gasteiger partial charge in [0.05, 0.1) is 12.8 Å². The largest absolute Gasteiger partial charge is 0.409 e. The Bertz CT molecular complexity index is 344. The number of oxime groups is 1. The van der Waals surface area contributed by atoms with Crippen LogP contribution in [0.1, 0.15) is 6.42 Å². The first kappa shape index (κ1) is 13.2. The topological polar surface area (TPSA) is 96.9 Å². The summed E-state index contributed by atoms with van der Waals surface area (Å²) in [6.45, 7) is 1.85. The average Bonchev–Trinajstić information content (AvgIpc) is 2.39. The van der Waals surface area contributed by atoms with Crippen LogP contribution < -0.4 is 10.6 Å². The third kappa shape index (κ3) is 4.64. The van der Waals surface area contributed by atoms with Crippen LogP contribution in [0.25, 0.3) is 0 Å². The van der Waals surface area contributed by atoms with E-state index < -0.39 is 0 Å². The molecule has 3 N–H and O–H groups in total. The summed E-state index contributed by atoms with van der Waals surface area (Å²) in [7, 11) is 1.64. The van der Waals surface area contributed by atoms with E-state index in [9.17, 15) is 0 Å². The van der Waals surface area contributed by atoms with E-state index in [0.29, 0.717) is 26.1 Å². The van der Waals surface area contributed by atoms with Crippen molar-refractivity contribution in [1.82, 2.24) is 9.97 Å². The SMILES string of the molecule is COCCN(CCC(N)=NO)c1cnccn1. The summed E-state index contributed by atoms with van der Waals surface area (Å²) >= 11 is 0. The summed E-state index contributed by atoms with van der Waals surface area (Å²) < 4.78 is 5.03. The van der Waals surface area contributed by atoms with Crippen molar-refractivity contribution in [3.8, 4) is 0 Å². The van der Waals surface area contributed by atoms with Gasteiger partial charge in [-0.05, 0) is 0 Å². The zero-order chi connectivity index (χ0) is 12.5. The molecule has 94 valence electrons. The number of hydrogen-bond acceptors (Lipinski definition) is 6. The Balaban J connectivity index is 2.61. The highest BCUT2D eigenvalue weighted by Crippen LogP contribution is 2.07. The third-order valence-electron chi connectivity index (χ3n) is 2.21. The van der Waals surface area contributed by atoms with E-state index in [2.05, 4.69) is 15.1 Å². The molecule has 0 aliphatic carbocycles. The van der Waals surface area contributed by atoms with E-state index in [1.165, 1.54) is 0 Å². The zero-order valence-corrected chi connectivity index (χ0v) is 9.78. The van der Waals surface area contributed by atoms with Crippen LogP contribution in [0.5, 0.6) is 0 Å². The van der Waals surface area contributed by atoms with Gasteiger partial charge in [-0.25, -0.2) is 4.98 Å². The summed E-state index contributed by atoms with van der Waals surface area (Å²) in [5.74, 6) is 0.937. The van der Waals surface area contributed by atoms with Gasteiger partial charge in [0, 0.05) is 39.0 Å². The molecule has 0 spiro atoms. The first-order chi connectivity index (χ1) is 8.27. The van der Waals surface area contributed by atoms with Gasteiger partial charge in [0.15, 0.2) is 0 Å². The molecule has 0 aliphatic heterocycles. The molecule has 17 heavy (non-hydrogen) atoms. The van der Waals surface area contributed by atoms with Crippen molar-refractivity contribution in [2.24, 2.45) is 10.9 Å². The maximum atomic E-state index is 8.49. The molecule has 0 atom stereocenters. The molecule has 7 heteroatoms. The minimum absolute atomic E-state index is 0.191. The molecule has 0 saturated carbocycles. The maximum absolute atomic E-state index is 8.49. The molecule has 0 aromatic carbocycles. The van der Waals surface area contributed by atoms with Crippen LogP contribution in [-0.2, 0) is 4.74 Å². The molecule has 1 rings (SSSR count). The van der Waals surface area contributed by atoms with Gasteiger partial charge in [0.25, 0.3) is 0 Å². The Morgan fingerprint density at radius 3 is 2.94 bits per heavy atom. The second kappa shape index (κ2) is 7.39. The molecule has 1 aromatic rings. The molecule has 1 heterocycles. The molecule has 1 aromatic heterocycles. The van der Waals surface area contributed by atoms with Crippen LogP contribution >= 0.6 is 0 Å². The van der Waals surface area contributed by atoms with Gasteiger partial charge in [-0.1, -0.05) is 5.16 Å². The van der Waals surface area contributed by atoms with Crippen molar-refractivity contribution in [3.05, 3.63) is 18.6 Å². The number of nitrogens with zero attached hydrogens (tertiary/aromatic N) is 4. The summed E-state index contributed by atoms with van der Waals surface area (Å²) in [5.41, 5.74) is 5.43. The van der Waals surface area contributed by atoms with Crippen molar-refractivity contribution < 1.29 is 9.94 Å². The van der Waals surface area contributed by atoms with E-state index in [0.717, 1.165) is 5.82 Å². The number of ether oxygens (including phenoxy) is 1. The van der Waals surface area contributed by atoms with Gasteiger partial charge >= 0.3 is 0 Å². The second-order valence-electron chi connectivity index (χ2n) is 3.38. The predicted molar refractivity (Wildman–Crippen MR) is 64.1 cm³/mol. The molecule has 0 radical (unpaired) electrons. The molecule has 0 fully saturated rings. The lowest BCUT2D eigenvalue weighted by Crippen LogP contribution is -2.31. The Morgan fingerprint density at radius 1 is 1.53 bits per heavy atom. The average molecular weight is 239 g/mol. The first-order valence-corrected chi connectivity index (χ1v) is 5.24. The van der Waals surface area contributed by atoms with Gasteiger partial charge < -0.3 is 20.6 Å². The lowest BCUT2D eigenvalue weighted by molar-refractivity contribution is 0.205. The van der Waals surface area contributed by atoms with Crippen LogP contribution in [-0.4, -0.2) is 47.8 Å². The van der Waals surface area contributed by atoms with Gasteiger partial charge in [0.1, 0.15) is 11.7 Å². The maximum Gasteiger partial charge on any atom is 0.147 e. The van der Waals surface area contributed by atoms with E-state index in [4.69, 9.17) is 15.7 Å². The molecule has 0 bridgehead atoms. The monoisotopic (exact) mass is 239 g/mol. The lowest BCUT2D eigenvalue weighted by atomic mass is 10.3. The second-order valence-corrected chi connectivity index (χ2v) is 3.38. The molecular formula is C10H17N5O2. The predicted octanol–water partition coefficient (Wildman–Crippen LogP) is 0.0659. The van der Waals surface area contributed by atoms with Crippen molar-refractivity contribution in [2.75, 3.05) is 31.7 Å². The summed E-state index contributed by atoms with van der Waals surface area (Å²) in [6, 6.07) is 0. The molecule has 7 nitrogen and oxygen atoms in total. The summed E-state index contributed by atoms with van der Waals surface area (Å²) in [6.07, 6.45) is 5.36. The van der Waals surface area contributed by atoms with Gasteiger partial charge in [-0.2, -0.15) is 0 Å². The number of rotatable bonds is 7. The standard InChI is InChI=1S/C10H17N5O2/c1-17-7-6-15(5-2-9(11)14-16)10-8-12-3-4-13-10/h3-4,8,16H,2,5-7H2,1H3,(H2,11,14). The number of amidine groups is 1. The molecule has 0 aliphatic rings. The first-order valence-electron chi connectivity index (χ1n) is 5.24. The summed E-state index contributed by atoms with van der Waals surface area (Å²) in [5, 5.41) is 11.4. The smallest absolute Gasteiger partial charge is 0.147 e. The molecule has 0 unspecified atom stereocenters. The van der Waals surface area contributed by atoms with E-state index >= 15 is 0 Å². The van der Waals surface area contributed by atoms with Gasteiger partial charge in [-0.15, -0.1) is 0 Å². The van der Waals surface area contributed by atoms with E-state index in [1.807, 2.05) is 4.90 Å². The van der Waals surface area contributed by atoms with Crippen LogP contribution in [0.15, 0.2) is 23.7 Å². The minimum atomic E-state index is 0.191. The van der Waals surface area contributed by atoms with Crippen LogP contribution in [0.4, 0.5) is 5.82 Å². The fourth-order valence-electron chi connectivity index (χ4n) is 1.30. The number of aromatic nitrogens is 2. The summed E-state index contributed by atoms with van der Waals surface area (Å²) in [4.78, 5) is 10.2. The quantitative estimate of drug-likeness (QED) is 0.302. The fraction of sp³-hybridized carbons (Fsp3) is 0.500. The number of methoxy groups -OCH3 is 1. The highest BCUT2D eigenvalue weighted by molar-refractivity contribution is 5.80. The number of nitrogens with two attached hydrogens (primary N) is 1. The highest BCUT2D eigenvalue weighted by atomic mass is 16.5. The highest BCUT2D eigenvalue weighted by Gasteiger charge is 2.08. The van der Waals surface area contributed by atoms with Crippen molar-refractivity contribution in [2.45, 2.75) is 6.42 Å². The van der Waals surface area contributed by atoms with Gasteiger partial charge in [-0.3, -0.25) is 4.98 Å². The number of anilines is 1. The van der Waals surface area contributed by atoms with Crippen molar-refractivity contribution in [3.63, 3.8) is 0 Å². The van der Waals surface area contributed by atoms with Crippen LogP contribution in [0.3, 0.4) is 0 Å². The molecular weight excluding hydrogens is 222 g/mol. The van der Waals surface area contributed by atoms with Gasteiger partial charge in [0.2, 0.25) is 0 Å². The Hall–Kier alpha value is -1.89. The normalized spacial score (nSPS) is 11.5. The fourth-order valence-corrected chi connectivity index (χ4v) is 1.30. The van der Waals surface area contributed by atoms with Crippen molar-refractivity contribution in [1.29, 1.82) is 0 Å². The van der Waals surface area contributed by atoms with Crippen LogP contribution in [0, 0.1) is 0 Å². The van der Waals surface area contributed by atoms with Crippen molar-refractivity contribution >= 4 is 11.7 Å².